The molecule has 0 unspecified atom stereocenters. The number of nitrogens with one attached hydrogen (secondary N) is 1. The Bertz CT molecular complexity index is 928. The number of benzene rings is 2. The van der Waals surface area contributed by atoms with Gasteiger partial charge in [0.2, 0.25) is 0 Å². The van der Waals surface area contributed by atoms with Crippen LogP contribution in [-0.2, 0) is 0 Å². The Kier molecular flexibility index (Phi) is 4.74. The summed E-state index contributed by atoms with van der Waals surface area (Å²) in [6.07, 6.45) is -0.833. The number of aromatic carboxylic acids is 1. The third-order valence-electron chi connectivity index (χ3n) is 3.81. The van der Waals surface area contributed by atoms with Gasteiger partial charge in [0.05, 0.1) is 6.10 Å². The molecule has 1 atom stereocenters. The number of fused-ring (bicyclic) bond motifs is 1. The number of carbonyl (C=O) groups is 1. The first-order valence-electron chi connectivity index (χ1n) is 7.49. The highest BCUT2D eigenvalue weighted by Crippen LogP contribution is 2.32. The Labute approximate surface area is 148 Å². The minimum atomic E-state index is -1.33. The standard InChI is InChI=1S/C18H15ClN2O4/c19-11-7-5-10(6-8-11)14(22)9-20-17-13-4-2-1-3-12(13)16(23)15(21-17)18(24)25/h1-8,14,22-23H,9H2,(H,20,21)(H,24,25)/t14-/m0/s1. The average Bonchev–Trinajstić information content (AvgIpc) is 2.61. The van der Waals surface area contributed by atoms with Crippen molar-refractivity contribution in [3.8, 4) is 5.75 Å². The number of aliphatic hydroxyl groups is 1. The number of aliphatic hydroxyl groups excluding tert-OH is 1. The van der Waals surface area contributed by atoms with E-state index in [0.29, 0.717) is 21.4 Å². The van der Waals surface area contributed by atoms with Gasteiger partial charge in [0, 0.05) is 22.3 Å². The lowest BCUT2D eigenvalue weighted by Gasteiger charge is -2.15. The predicted octanol–water partition coefficient (Wildman–Crippen LogP) is 3.44. The molecule has 4 N–H and O–H groups in total. The second-order valence-corrected chi connectivity index (χ2v) is 5.89. The summed E-state index contributed by atoms with van der Waals surface area (Å²) in [6.45, 7) is 0.114. The highest BCUT2D eigenvalue weighted by Gasteiger charge is 2.18. The molecule has 0 amide bonds. The van der Waals surface area contributed by atoms with Gasteiger partial charge in [0.15, 0.2) is 11.4 Å². The molecule has 1 heterocycles. The van der Waals surface area contributed by atoms with E-state index in [4.69, 9.17) is 11.6 Å². The first kappa shape index (κ1) is 17.0. The van der Waals surface area contributed by atoms with Gasteiger partial charge in [-0.3, -0.25) is 0 Å². The van der Waals surface area contributed by atoms with Crippen molar-refractivity contribution >= 4 is 34.2 Å². The fourth-order valence-corrected chi connectivity index (χ4v) is 2.65. The predicted molar refractivity (Wildman–Crippen MR) is 95.3 cm³/mol. The minimum absolute atomic E-state index is 0.114. The Morgan fingerprint density at radius 2 is 1.76 bits per heavy atom. The Morgan fingerprint density at radius 1 is 1.12 bits per heavy atom. The summed E-state index contributed by atoms with van der Waals surface area (Å²) < 4.78 is 0. The second kappa shape index (κ2) is 6.96. The van der Waals surface area contributed by atoms with Gasteiger partial charge in [0.25, 0.3) is 0 Å². The molecular formula is C18H15ClN2O4. The number of carboxylic acids is 1. The third-order valence-corrected chi connectivity index (χ3v) is 4.06. The van der Waals surface area contributed by atoms with Crippen LogP contribution in [0.3, 0.4) is 0 Å². The summed E-state index contributed by atoms with van der Waals surface area (Å²) in [6, 6.07) is 13.5. The van der Waals surface area contributed by atoms with Crippen LogP contribution in [0.4, 0.5) is 5.82 Å². The van der Waals surface area contributed by atoms with E-state index in [-0.39, 0.29) is 18.1 Å². The molecule has 0 aliphatic heterocycles. The Balaban J connectivity index is 1.91. The van der Waals surface area contributed by atoms with Crippen LogP contribution in [0.15, 0.2) is 48.5 Å². The van der Waals surface area contributed by atoms with E-state index in [0.717, 1.165) is 0 Å². The van der Waals surface area contributed by atoms with Crippen LogP contribution in [0, 0.1) is 0 Å². The zero-order valence-electron chi connectivity index (χ0n) is 13.0. The maximum Gasteiger partial charge on any atom is 0.358 e. The van der Waals surface area contributed by atoms with Gasteiger partial charge in [-0.05, 0) is 17.7 Å². The van der Waals surface area contributed by atoms with E-state index in [1.807, 2.05) is 0 Å². The van der Waals surface area contributed by atoms with Crippen molar-refractivity contribution in [2.75, 3.05) is 11.9 Å². The quantitative estimate of drug-likeness (QED) is 0.557. The molecule has 3 rings (SSSR count). The molecule has 0 saturated carbocycles. The SMILES string of the molecule is O=C(O)c1nc(NC[C@H](O)c2ccc(Cl)cc2)c2ccccc2c1O. The smallest absolute Gasteiger partial charge is 0.358 e. The number of rotatable bonds is 5. The Hall–Kier alpha value is -2.83. The summed E-state index contributed by atoms with van der Waals surface area (Å²) in [5.74, 6) is -1.43. The maximum atomic E-state index is 11.3. The van der Waals surface area contributed by atoms with Crippen LogP contribution in [0.5, 0.6) is 5.75 Å². The number of nitrogens with zero attached hydrogens (tertiary/aromatic N) is 1. The molecule has 2 aromatic carbocycles. The van der Waals surface area contributed by atoms with Gasteiger partial charge in [0.1, 0.15) is 5.82 Å². The molecule has 128 valence electrons. The second-order valence-electron chi connectivity index (χ2n) is 5.46. The van der Waals surface area contributed by atoms with Crippen molar-refractivity contribution in [1.82, 2.24) is 4.98 Å². The lowest BCUT2D eigenvalue weighted by Crippen LogP contribution is -2.14. The van der Waals surface area contributed by atoms with E-state index >= 15 is 0 Å². The number of aromatic hydroxyl groups is 1. The first-order chi connectivity index (χ1) is 12.0. The molecule has 6 nitrogen and oxygen atoms in total. The van der Waals surface area contributed by atoms with Crippen molar-refractivity contribution in [3.63, 3.8) is 0 Å². The summed E-state index contributed by atoms with van der Waals surface area (Å²) >= 11 is 5.83. The highest BCUT2D eigenvalue weighted by molar-refractivity contribution is 6.30. The first-order valence-corrected chi connectivity index (χ1v) is 7.87. The van der Waals surface area contributed by atoms with Gasteiger partial charge in [-0.15, -0.1) is 0 Å². The molecule has 7 heteroatoms. The Morgan fingerprint density at radius 3 is 2.40 bits per heavy atom. The average molecular weight is 359 g/mol. The fourth-order valence-electron chi connectivity index (χ4n) is 2.53. The zero-order valence-corrected chi connectivity index (χ0v) is 13.7. The lowest BCUT2D eigenvalue weighted by atomic mass is 10.1. The molecule has 0 aliphatic rings. The number of pyridine rings is 1. The highest BCUT2D eigenvalue weighted by atomic mass is 35.5. The number of anilines is 1. The van der Waals surface area contributed by atoms with Crippen LogP contribution < -0.4 is 5.32 Å². The number of aromatic nitrogens is 1. The van der Waals surface area contributed by atoms with Crippen molar-refractivity contribution in [3.05, 3.63) is 64.8 Å². The van der Waals surface area contributed by atoms with Crippen LogP contribution in [0.25, 0.3) is 10.8 Å². The summed E-state index contributed by atoms with van der Waals surface area (Å²) in [7, 11) is 0. The summed E-state index contributed by atoms with van der Waals surface area (Å²) in [4.78, 5) is 15.3. The monoisotopic (exact) mass is 358 g/mol. The summed E-state index contributed by atoms with van der Waals surface area (Å²) in [5, 5.41) is 34.1. The number of hydrogen-bond acceptors (Lipinski definition) is 5. The van der Waals surface area contributed by atoms with E-state index in [1.165, 1.54) is 0 Å². The normalized spacial score (nSPS) is 12.1. The van der Waals surface area contributed by atoms with Crippen LogP contribution in [0.1, 0.15) is 22.2 Å². The van der Waals surface area contributed by atoms with Crippen LogP contribution >= 0.6 is 11.6 Å². The number of carboxylic acid groups (broad SMARTS) is 1. The van der Waals surface area contributed by atoms with E-state index < -0.39 is 17.8 Å². The molecule has 0 saturated heterocycles. The molecule has 0 radical (unpaired) electrons. The van der Waals surface area contributed by atoms with Crippen LogP contribution in [0.2, 0.25) is 5.02 Å². The van der Waals surface area contributed by atoms with Gasteiger partial charge in [-0.25, -0.2) is 9.78 Å². The molecule has 1 aromatic heterocycles. The maximum absolute atomic E-state index is 11.3. The fraction of sp³-hybridized carbons (Fsp3) is 0.111. The number of hydrogen-bond donors (Lipinski definition) is 4. The zero-order chi connectivity index (χ0) is 18.0. The van der Waals surface area contributed by atoms with Gasteiger partial charge < -0.3 is 20.6 Å². The van der Waals surface area contributed by atoms with Crippen molar-refractivity contribution in [2.24, 2.45) is 0 Å². The lowest BCUT2D eigenvalue weighted by molar-refractivity contribution is 0.0687. The van der Waals surface area contributed by atoms with Gasteiger partial charge in [-0.1, -0.05) is 48.0 Å². The number of halogens is 1. The van der Waals surface area contributed by atoms with Crippen molar-refractivity contribution in [2.45, 2.75) is 6.10 Å². The van der Waals surface area contributed by atoms with Gasteiger partial charge in [-0.2, -0.15) is 0 Å². The van der Waals surface area contributed by atoms with Crippen molar-refractivity contribution < 1.29 is 20.1 Å². The largest absolute Gasteiger partial charge is 0.505 e. The molecule has 3 aromatic rings. The van der Waals surface area contributed by atoms with E-state index in [2.05, 4.69) is 10.3 Å². The van der Waals surface area contributed by atoms with Crippen LogP contribution in [-0.4, -0.2) is 32.8 Å². The molecule has 0 bridgehead atoms. The topological polar surface area (TPSA) is 103 Å². The van der Waals surface area contributed by atoms with Gasteiger partial charge >= 0.3 is 5.97 Å². The summed E-state index contributed by atoms with van der Waals surface area (Å²) in [5.41, 5.74) is 0.223. The van der Waals surface area contributed by atoms with E-state index in [9.17, 15) is 20.1 Å². The molecular weight excluding hydrogens is 344 g/mol. The molecule has 0 spiro atoms. The third kappa shape index (κ3) is 3.50. The molecule has 0 fully saturated rings. The minimum Gasteiger partial charge on any atom is -0.505 e. The molecule has 25 heavy (non-hydrogen) atoms. The van der Waals surface area contributed by atoms with Crippen molar-refractivity contribution in [1.29, 1.82) is 0 Å². The molecule has 0 aliphatic carbocycles. The van der Waals surface area contributed by atoms with E-state index in [1.54, 1.807) is 48.5 Å².